The monoisotopic (exact) mass is 790 g/mol. The van der Waals surface area contributed by atoms with Crippen LogP contribution in [0.15, 0.2) is 65.6 Å². The number of piperazine rings is 1. The normalized spacial score (nSPS) is 16.2. The third-order valence-corrected chi connectivity index (χ3v) is 11.6. The molecule has 0 spiro atoms. The smallest absolute Gasteiger partial charge is 0.253 e. The minimum atomic E-state index is -4.21. The Hall–Kier alpha value is -4.14. The van der Waals surface area contributed by atoms with Gasteiger partial charge in [-0.2, -0.15) is 4.31 Å². The fraction of sp³-hybridized carbons (Fsp3) is 0.333. The number of nitrogens with one attached hydrogen (secondary N) is 1. The number of para-hydroxylation sites is 1. The molecular weight excluding hydrogens is 751 g/mol. The molecule has 0 radical (unpaired) electrons. The second kappa shape index (κ2) is 16.7. The zero-order chi connectivity index (χ0) is 35.7. The van der Waals surface area contributed by atoms with E-state index >= 15 is 0 Å². The Kier molecular flexibility index (Phi) is 13.0. The molecule has 16 heteroatoms. The lowest BCUT2D eigenvalue weighted by atomic mass is 10.1. The summed E-state index contributed by atoms with van der Waals surface area (Å²) in [7, 11) is -2.83. The van der Waals surface area contributed by atoms with Gasteiger partial charge in [0.25, 0.3) is 5.91 Å². The van der Waals surface area contributed by atoms with Crippen LogP contribution < -0.4 is 15.2 Å². The number of hydrogen-bond donors (Lipinski definition) is 2. The molecule has 1 atom stereocenters. The van der Waals surface area contributed by atoms with Crippen LogP contribution in [0.4, 0.5) is 0 Å². The molecule has 278 valence electrons. The van der Waals surface area contributed by atoms with Crippen LogP contribution in [0.2, 0.25) is 5.02 Å². The Morgan fingerprint density at radius 2 is 1.62 bits per heavy atom. The maximum absolute atomic E-state index is 14.3. The number of ether oxygens (including phenoxy) is 2. The number of halogens is 3. The molecule has 1 aromatic heterocycles. The number of amidine groups is 1. The molecule has 12 nitrogen and oxygen atoms in total. The number of carbonyl (C=O) groups is 2. The second-order valence-corrected chi connectivity index (χ2v) is 14.7. The molecule has 2 aliphatic heterocycles. The van der Waals surface area contributed by atoms with Crippen LogP contribution in [0.25, 0.3) is 10.9 Å². The number of nitrogens with two attached hydrogens (primary N) is 1. The lowest BCUT2D eigenvalue weighted by Crippen LogP contribution is -2.55. The Bertz CT molecular complexity index is 2090. The molecule has 3 heterocycles. The van der Waals surface area contributed by atoms with Gasteiger partial charge >= 0.3 is 0 Å². The van der Waals surface area contributed by atoms with Gasteiger partial charge in [-0.3, -0.25) is 15.0 Å². The first kappa shape index (κ1) is 40.6. The summed E-state index contributed by atoms with van der Waals surface area (Å²) in [5, 5.41) is 8.77. The highest BCUT2D eigenvalue weighted by molar-refractivity contribution is 7.89. The fourth-order valence-corrected chi connectivity index (χ4v) is 8.72. The van der Waals surface area contributed by atoms with E-state index in [0.717, 1.165) is 16.6 Å². The van der Waals surface area contributed by atoms with E-state index in [9.17, 15) is 18.0 Å². The fourth-order valence-electron chi connectivity index (χ4n) is 6.68. The predicted octanol–water partition coefficient (Wildman–Crippen LogP) is 5.36. The van der Waals surface area contributed by atoms with Crippen molar-refractivity contribution in [3.05, 3.63) is 93.6 Å². The Labute approximate surface area is 320 Å². The number of rotatable bonds is 9. The molecule has 1 unspecified atom stereocenters. The van der Waals surface area contributed by atoms with Crippen molar-refractivity contribution < 1.29 is 27.5 Å². The first-order valence-electron chi connectivity index (χ1n) is 16.3. The van der Waals surface area contributed by atoms with Gasteiger partial charge in [0.1, 0.15) is 40.4 Å². The number of carbonyl (C=O) groups excluding carboxylic acids is 2. The van der Waals surface area contributed by atoms with Crippen molar-refractivity contribution in [3.8, 4) is 11.5 Å². The number of benzene rings is 3. The number of pyridine rings is 1. The van der Waals surface area contributed by atoms with Gasteiger partial charge in [-0.25, -0.2) is 13.4 Å². The van der Waals surface area contributed by atoms with Gasteiger partial charge in [-0.05, 0) is 68.7 Å². The van der Waals surface area contributed by atoms with E-state index in [4.69, 9.17) is 32.2 Å². The van der Waals surface area contributed by atoms with Crippen molar-refractivity contribution in [1.29, 1.82) is 5.41 Å². The Morgan fingerprint density at radius 3 is 2.27 bits per heavy atom. The summed E-state index contributed by atoms with van der Waals surface area (Å²) in [5.41, 5.74) is 9.46. The van der Waals surface area contributed by atoms with Crippen molar-refractivity contribution in [3.63, 3.8) is 0 Å². The average molecular weight is 792 g/mol. The molecule has 2 saturated heterocycles. The molecule has 2 amide bonds. The van der Waals surface area contributed by atoms with Crippen molar-refractivity contribution in [1.82, 2.24) is 19.1 Å². The predicted molar refractivity (Wildman–Crippen MR) is 205 cm³/mol. The van der Waals surface area contributed by atoms with E-state index in [1.807, 2.05) is 32.0 Å². The zero-order valence-electron chi connectivity index (χ0n) is 28.9. The molecule has 2 fully saturated rings. The summed E-state index contributed by atoms with van der Waals surface area (Å²) in [6, 6.07) is 16.2. The minimum absolute atomic E-state index is 0. The van der Waals surface area contributed by atoms with Crippen LogP contribution >= 0.6 is 36.4 Å². The number of sulfonamides is 1. The highest BCUT2D eigenvalue weighted by Crippen LogP contribution is 2.39. The summed E-state index contributed by atoms with van der Waals surface area (Å²) in [4.78, 5) is 34.8. The minimum Gasteiger partial charge on any atom is -0.495 e. The van der Waals surface area contributed by atoms with Crippen LogP contribution in [0.3, 0.4) is 0 Å². The van der Waals surface area contributed by atoms with E-state index in [0.29, 0.717) is 53.9 Å². The highest BCUT2D eigenvalue weighted by atomic mass is 35.5. The maximum Gasteiger partial charge on any atom is 0.253 e. The summed E-state index contributed by atoms with van der Waals surface area (Å²) in [6.07, 6.45) is 0.891. The number of aryl methyl sites for hydroxylation is 2. The van der Waals surface area contributed by atoms with Gasteiger partial charge in [-0.15, -0.1) is 24.8 Å². The summed E-state index contributed by atoms with van der Waals surface area (Å²) in [5.74, 6) is 0.0179. The van der Waals surface area contributed by atoms with Crippen molar-refractivity contribution in [2.45, 2.75) is 44.2 Å². The van der Waals surface area contributed by atoms with E-state index < -0.39 is 16.1 Å². The number of nitrogen functional groups attached to an aromatic ring is 1. The molecule has 0 bridgehead atoms. The lowest BCUT2D eigenvalue weighted by Gasteiger charge is -2.37. The van der Waals surface area contributed by atoms with Gasteiger partial charge in [0.2, 0.25) is 15.9 Å². The number of amides is 2. The number of nitrogens with zero attached hydrogens (tertiary/aromatic N) is 4. The zero-order valence-corrected chi connectivity index (χ0v) is 32.1. The number of hydrogen-bond acceptors (Lipinski definition) is 8. The second-order valence-electron chi connectivity index (χ2n) is 12.5. The van der Waals surface area contributed by atoms with E-state index in [1.165, 1.54) is 23.5 Å². The topological polar surface area (TPSA) is 159 Å². The van der Waals surface area contributed by atoms with Crippen LogP contribution in [0, 0.1) is 19.3 Å². The molecule has 3 aromatic carbocycles. The molecule has 6 rings (SSSR count). The van der Waals surface area contributed by atoms with E-state index in [2.05, 4.69) is 4.98 Å². The number of fused-ring (bicyclic) bond motifs is 1. The van der Waals surface area contributed by atoms with Crippen LogP contribution in [0.5, 0.6) is 11.5 Å². The van der Waals surface area contributed by atoms with Gasteiger partial charge < -0.3 is 25.0 Å². The van der Waals surface area contributed by atoms with E-state index in [-0.39, 0.29) is 84.4 Å². The molecule has 0 saturated carbocycles. The SMILES string of the molecule is COc1c(S(=O)(=O)N2CCCC2C(=O)N2CCN(C(=O)c3ccc(C(=N)N)cc3)CC2)ccc(Cl)c1COc1cccc2c(C)cc(C)nc12.Cl.Cl. The number of aromatic nitrogens is 1. The summed E-state index contributed by atoms with van der Waals surface area (Å²) in [6.45, 7) is 5.16. The number of methoxy groups -OCH3 is 1. The Morgan fingerprint density at radius 1 is 0.962 bits per heavy atom. The third-order valence-electron chi connectivity index (χ3n) is 9.28. The largest absolute Gasteiger partial charge is 0.495 e. The summed E-state index contributed by atoms with van der Waals surface area (Å²) >= 11 is 6.61. The summed E-state index contributed by atoms with van der Waals surface area (Å²) < 4.78 is 41.7. The highest BCUT2D eigenvalue weighted by Gasteiger charge is 2.43. The average Bonchev–Trinajstić information content (AvgIpc) is 3.62. The van der Waals surface area contributed by atoms with Crippen LogP contribution in [-0.2, 0) is 21.4 Å². The molecular formula is C36H41Cl3N6O6S. The quantitative estimate of drug-likeness (QED) is 0.170. The van der Waals surface area contributed by atoms with E-state index in [1.54, 1.807) is 40.1 Å². The van der Waals surface area contributed by atoms with Crippen LogP contribution in [0.1, 0.15) is 45.6 Å². The molecule has 0 aliphatic carbocycles. The van der Waals surface area contributed by atoms with Gasteiger partial charge in [0.05, 0.1) is 17.7 Å². The molecule has 2 aliphatic rings. The van der Waals surface area contributed by atoms with Crippen molar-refractivity contribution in [2.24, 2.45) is 5.73 Å². The molecule has 52 heavy (non-hydrogen) atoms. The lowest BCUT2D eigenvalue weighted by molar-refractivity contribution is -0.136. The van der Waals surface area contributed by atoms with Gasteiger partial charge in [0.15, 0.2) is 0 Å². The first-order valence-corrected chi connectivity index (χ1v) is 18.1. The van der Waals surface area contributed by atoms with Crippen molar-refractivity contribution >= 4 is 75.0 Å². The van der Waals surface area contributed by atoms with Crippen LogP contribution in [-0.4, -0.2) is 91.0 Å². The van der Waals surface area contributed by atoms with Crippen molar-refractivity contribution in [2.75, 3.05) is 39.8 Å². The molecule has 3 N–H and O–H groups in total. The third kappa shape index (κ3) is 7.93. The first-order chi connectivity index (χ1) is 23.9. The van der Waals surface area contributed by atoms with Gasteiger partial charge in [0, 0.05) is 54.9 Å². The Balaban J connectivity index is 0.00000302. The maximum atomic E-state index is 14.3. The standard InChI is InChI=1S/C36H39ClN6O6S.2ClH/c1-22-20-23(2)40-32-26(22)6-4-8-30(32)49-21-27-28(37)13-14-31(33(27)48-3)50(46,47)43-15-5-7-29(43)36(45)42-18-16-41(17-19-42)35(44)25-11-9-24(10-12-25)34(38)39;;/h4,6,8-14,20,29H,5,7,15-19,21H2,1-3H3,(H3,38,39);2*1H. The molecule has 4 aromatic rings. The van der Waals surface area contributed by atoms with Gasteiger partial charge in [-0.1, -0.05) is 35.9 Å².